The van der Waals surface area contributed by atoms with Gasteiger partial charge in [-0.25, -0.2) is 0 Å². The quantitative estimate of drug-likeness (QED) is 0.803. The Morgan fingerprint density at radius 2 is 2.17 bits per heavy atom. The largest absolute Gasteiger partial charge is 0.465 e. The van der Waals surface area contributed by atoms with Crippen molar-refractivity contribution < 1.29 is 22.7 Å². The minimum absolute atomic E-state index is 0.0250. The number of anilines is 1. The molecule has 0 spiro atoms. The molecule has 0 aliphatic carbocycles. The number of furan rings is 1. The van der Waals surface area contributed by atoms with Gasteiger partial charge in [0.2, 0.25) is 0 Å². The maximum atomic E-state index is 12.6. The average molecular weight is 319 g/mol. The van der Waals surface area contributed by atoms with Crippen LogP contribution in [0.15, 0.2) is 47.1 Å². The lowest BCUT2D eigenvalue weighted by Gasteiger charge is -2.30. The SMILES string of the molecule is O=C(C=Cc1ccco1)N1CCCc2cccc(OC(F)F)c21. The lowest BCUT2D eigenvalue weighted by Crippen LogP contribution is -2.34. The Balaban J connectivity index is 1.89. The zero-order valence-corrected chi connectivity index (χ0v) is 12.2. The summed E-state index contributed by atoms with van der Waals surface area (Å²) < 4.78 is 34.9. The Kier molecular flexibility index (Phi) is 4.41. The number of hydrogen-bond donors (Lipinski definition) is 0. The smallest absolute Gasteiger partial charge is 0.387 e. The molecule has 1 aromatic carbocycles. The molecule has 0 fully saturated rings. The lowest BCUT2D eigenvalue weighted by atomic mass is 10.0. The number of amides is 1. The van der Waals surface area contributed by atoms with E-state index in [2.05, 4.69) is 4.74 Å². The molecule has 0 unspecified atom stereocenters. The molecule has 120 valence electrons. The number of rotatable bonds is 4. The zero-order chi connectivity index (χ0) is 16.2. The third-order valence-corrected chi connectivity index (χ3v) is 3.60. The van der Waals surface area contributed by atoms with Gasteiger partial charge >= 0.3 is 6.61 Å². The molecule has 6 heteroatoms. The predicted octanol–water partition coefficient (Wildman–Crippen LogP) is 3.87. The van der Waals surface area contributed by atoms with Crippen molar-refractivity contribution in [1.29, 1.82) is 0 Å². The molecule has 0 atom stereocenters. The number of ether oxygens (including phenoxy) is 1. The summed E-state index contributed by atoms with van der Waals surface area (Å²) in [6, 6.07) is 8.37. The van der Waals surface area contributed by atoms with Crippen LogP contribution >= 0.6 is 0 Å². The molecular weight excluding hydrogens is 304 g/mol. The van der Waals surface area contributed by atoms with Crippen molar-refractivity contribution in [3.63, 3.8) is 0 Å². The van der Waals surface area contributed by atoms with Crippen molar-refractivity contribution >= 4 is 17.7 Å². The highest BCUT2D eigenvalue weighted by molar-refractivity contribution is 6.05. The highest BCUT2D eigenvalue weighted by atomic mass is 19.3. The van der Waals surface area contributed by atoms with Crippen molar-refractivity contribution in [3.8, 4) is 5.75 Å². The van der Waals surface area contributed by atoms with Gasteiger partial charge < -0.3 is 14.1 Å². The van der Waals surface area contributed by atoms with E-state index in [1.165, 1.54) is 23.3 Å². The fourth-order valence-corrected chi connectivity index (χ4v) is 2.66. The second kappa shape index (κ2) is 6.64. The summed E-state index contributed by atoms with van der Waals surface area (Å²) in [6.45, 7) is -2.48. The van der Waals surface area contributed by atoms with E-state index in [1.54, 1.807) is 24.3 Å². The highest BCUT2D eigenvalue weighted by Gasteiger charge is 2.25. The van der Waals surface area contributed by atoms with Gasteiger partial charge in [-0.05, 0) is 42.7 Å². The number of alkyl halides is 2. The summed E-state index contributed by atoms with van der Waals surface area (Å²) in [5.41, 5.74) is 1.25. The third-order valence-electron chi connectivity index (χ3n) is 3.60. The first-order valence-corrected chi connectivity index (χ1v) is 7.25. The van der Waals surface area contributed by atoms with E-state index in [1.807, 2.05) is 6.07 Å². The van der Waals surface area contributed by atoms with E-state index in [4.69, 9.17) is 4.42 Å². The molecule has 2 heterocycles. The maximum absolute atomic E-state index is 12.6. The maximum Gasteiger partial charge on any atom is 0.387 e. The second-order valence-corrected chi connectivity index (χ2v) is 5.08. The van der Waals surface area contributed by atoms with Crippen LogP contribution in [-0.4, -0.2) is 19.1 Å². The lowest BCUT2D eigenvalue weighted by molar-refractivity contribution is -0.114. The summed E-state index contributed by atoms with van der Waals surface area (Å²) >= 11 is 0. The molecule has 23 heavy (non-hydrogen) atoms. The first kappa shape index (κ1) is 15.3. The van der Waals surface area contributed by atoms with Gasteiger partial charge in [0.05, 0.1) is 12.0 Å². The van der Waals surface area contributed by atoms with E-state index in [0.29, 0.717) is 18.0 Å². The van der Waals surface area contributed by atoms with Crippen LogP contribution in [0.1, 0.15) is 17.7 Å². The minimum Gasteiger partial charge on any atom is -0.465 e. The molecule has 1 aromatic heterocycles. The van der Waals surface area contributed by atoms with Crippen molar-refractivity contribution in [2.45, 2.75) is 19.5 Å². The highest BCUT2D eigenvalue weighted by Crippen LogP contribution is 2.37. The van der Waals surface area contributed by atoms with Crippen molar-refractivity contribution in [2.75, 3.05) is 11.4 Å². The van der Waals surface area contributed by atoms with Gasteiger partial charge in [-0.15, -0.1) is 0 Å². The number of fused-ring (bicyclic) bond motifs is 1. The van der Waals surface area contributed by atoms with Crippen LogP contribution in [-0.2, 0) is 11.2 Å². The van der Waals surface area contributed by atoms with Crippen LogP contribution in [0.3, 0.4) is 0 Å². The predicted molar refractivity (Wildman–Crippen MR) is 81.5 cm³/mol. The Bertz CT molecular complexity index is 711. The molecule has 0 saturated heterocycles. The third kappa shape index (κ3) is 3.41. The van der Waals surface area contributed by atoms with Crippen molar-refractivity contribution in [2.24, 2.45) is 0 Å². The van der Waals surface area contributed by atoms with Gasteiger partial charge in [-0.2, -0.15) is 8.78 Å². The van der Waals surface area contributed by atoms with Gasteiger partial charge in [0.15, 0.2) is 0 Å². The molecule has 1 amide bonds. The van der Waals surface area contributed by atoms with Gasteiger partial charge in [0, 0.05) is 12.6 Å². The summed E-state index contributed by atoms with van der Waals surface area (Å²) in [4.78, 5) is 13.9. The van der Waals surface area contributed by atoms with Crippen LogP contribution in [0.2, 0.25) is 0 Å². The molecule has 0 N–H and O–H groups in total. The van der Waals surface area contributed by atoms with E-state index in [9.17, 15) is 13.6 Å². The van der Waals surface area contributed by atoms with Crippen LogP contribution < -0.4 is 9.64 Å². The van der Waals surface area contributed by atoms with Crippen molar-refractivity contribution in [3.05, 3.63) is 54.0 Å². The molecule has 0 saturated carbocycles. The number of carbonyl (C=O) groups is 1. The second-order valence-electron chi connectivity index (χ2n) is 5.08. The first-order chi connectivity index (χ1) is 11.1. The fraction of sp³-hybridized carbons (Fsp3) is 0.235. The monoisotopic (exact) mass is 319 g/mol. The molecular formula is C17H15F2NO3. The summed E-state index contributed by atoms with van der Waals surface area (Å²) in [5.74, 6) is 0.275. The fourth-order valence-electron chi connectivity index (χ4n) is 2.66. The molecule has 1 aliphatic rings. The number of nitrogens with zero attached hydrogens (tertiary/aromatic N) is 1. The number of benzene rings is 1. The molecule has 4 nitrogen and oxygen atoms in total. The normalized spacial score (nSPS) is 14.3. The standard InChI is InChI=1S/C17H15F2NO3/c18-17(19)23-14-7-1-4-12-5-2-10-20(16(12)14)15(21)9-8-13-6-3-11-22-13/h1,3-4,6-9,11,17H,2,5,10H2. The van der Waals surface area contributed by atoms with Gasteiger partial charge in [-0.3, -0.25) is 4.79 Å². The Hall–Kier alpha value is -2.63. The average Bonchev–Trinajstić information content (AvgIpc) is 3.05. The number of aryl methyl sites for hydroxylation is 1. The molecule has 0 bridgehead atoms. The number of para-hydroxylation sites is 1. The number of hydrogen-bond acceptors (Lipinski definition) is 3. The number of carbonyl (C=O) groups excluding carboxylic acids is 1. The Labute approximate surface area is 132 Å². The van der Waals surface area contributed by atoms with Crippen molar-refractivity contribution in [1.82, 2.24) is 0 Å². The number of halogens is 2. The topological polar surface area (TPSA) is 42.7 Å². The summed E-state index contributed by atoms with van der Waals surface area (Å²) in [7, 11) is 0. The molecule has 0 radical (unpaired) electrons. The van der Waals surface area contributed by atoms with Crippen LogP contribution in [0.25, 0.3) is 6.08 Å². The molecule has 3 rings (SSSR count). The Morgan fingerprint density at radius 3 is 2.91 bits per heavy atom. The van der Waals surface area contributed by atoms with Crippen LogP contribution in [0.4, 0.5) is 14.5 Å². The van der Waals surface area contributed by atoms with Gasteiger partial charge in [-0.1, -0.05) is 12.1 Å². The minimum atomic E-state index is -2.93. The van der Waals surface area contributed by atoms with Gasteiger partial charge in [0.25, 0.3) is 5.91 Å². The van der Waals surface area contributed by atoms with Crippen LogP contribution in [0, 0.1) is 0 Å². The van der Waals surface area contributed by atoms with Crippen LogP contribution in [0.5, 0.6) is 5.75 Å². The molecule has 2 aromatic rings. The van der Waals surface area contributed by atoms with E-state index < -0.39 is 6.61 Å². The summed E-state index contributed by atoms with van der Waals surface area (Å²) in [6.07, 6.45) is 5.92. The zero-order valence-electron chi connectivity index (χ0n) is 12.2. The first-order valence-electron chi connectivity index (χ1n) is 7.25. The van der Waals surface area contributed by atoms with Gasteiger partial charge in [0.1, 0.15) is 11.5 Å². The summed E-state index contributed by atoms with van der Waals surface area (Å²) in [5, 5.41) is 0. The Morgan fingerprint density at radius 1 is 1.30 bits per heavy atom. The van der Waals surface area contributed by atoms with E-state index >= 15 is 0 Å². The van der Waals surface area contributed by atoms with E-state index in [0.717, 1.165) is 18.4 Å². The van der Waals surface area contributed by atoms with E-state index in [-0.39, 0.29) is 11.7 Å². The molecule has 1 aliphatic heterocycles.